The van der Waals surface area contributed by atoms with Gasteiger partial charge in [0.2, 0.25) is 0 Å². The molecule has 0 saturated heterocycles. The molecule has 0 unspecified atom stereocenters. The minimum Gasteiger partial charge on any atom is -0.384 e. The molecule has 98 valence electrons. The summed E-state index contributed by atoms with van der Waals surface area (Å²) in [5.74, 6) is 0.870. The van der Waals surface area contributed by atoms with Crippen molar-refractivity contribution in [3.8, 4) is 6.07 Å². The molecule has 1 rings (SSSR count). The van der Waals surface area contributed by atoms with E-state index < -0.39 is 0 Å². The maximum Gasteiger partial charge on any atom is 0.100 e. The molecule has 0 amide bonds. The summed E-state index contributed by atoms with van der Waals surface area (Å²) in [6.45, 7) is 5.72. The minimum absolute atomic E-state index is 0.450. The maximum absolute atomic E-state index is 9.16. The molecule has 0 aromatic heterocycles. The number of benzene rings is 1. The monoisotopic (exact) mass is 264 g/mol. The second-order valence-electron chi connectivity index (χ2n) is 4.32. The van der Waals surface area contributed by atoms with Crippen molar-refractivity contribution in [2.24, 2.45) is 0 Å². The van der Waals surface area contributed by atoms with Gasteiger partial charge in [-0.1, -0.05) is 19.9 Å². The first-order valence-corrected chi connectivity index (χ1v) is 7.04. The molecule has 1 aromatic carbocycles. The summed E-state index contributed by atoms with van der Waals surface area (Å²) in [7, 11) is 1.69. The van der Waals surface area contributed by atoms with Crippen molar-refractivity contribution in [2.75, 3.05) is 19.5 Å². The number of nitrogens with one attached hydrogen (secondary N) is 1. The van der Waals surface area contributed by atoms with E-state index in [2.05, 4.69) is 31.3 Å². The molecule has 0 atom stereocenters. The third-order valence-electron chi connectivity index (χ3n) is 2.42. The lowest BCUT2D eigenvalue weighted by Gasteiger charge is -2.10. The molecule has 0 saturated carbocycles. The minimum atomic E-state index is 0.450. The van der Waals surface area contributed by atoms with Crippen LogP contribution in [0.3, 0.4) is 0 Å². The third kappa shape index (κ3) is 5.09. The molecule has 3 nitrogen and oxygen atoms in total. The Hall–Kier alpha value is -1.02. The fourth-order valence-corrected chi connectivity index (χ4v) is 2.35. The summed E-state index contributed by atoms with van der Waals surface area (Å²) >= 11 is 1.66. The van der Waals surface area contributed by atoms with Crippen molar-refractivity contribution < 1.29 is 4.74 Å². The fraction of sp³-hybridized carbons (Fsp3) is 0.500. The van der Waals surface area contributed by atoms with E-state index in [1.54, 1.807) is 18.9 Å². The van der Waals surface area contributed by atoms with Crippen molar-refractivity contribution in [3.63, 3.8) is 0 Å². The standard InChI is InChI=1S/C14H20N2OS/c1-11(2)16-10-12-4-5-14(13(8-12)9-15)18-7-6-17-3/h4-5,8,11,16H,6-7,10H2,1-3H3. The first-order chi connectivity index (χ1) is 8.67. The van der Waals surface area contributed by atoms with Gasteiger partial charge in [0, 0.05) is 30.3 Å². The predicted molar refractivity (Wildman–Crippen MR) is 75.7 cm³/mol. The van der Waals surface area contributed by atoms with Crippen molar-refractivity contribution in [1.29, 1.82) is 5.26 Å². The van der Waals surface area contributed by atoms with Crippen LogP contribution in [0.4, 0.5) is 0 Å². The number of ether oxygens (including phenoxy) is 1. The van der Waals surface area contributed by atoms with Crippen LogP contribution in [0.5, 0.6) is 0 Å². The molecule has 0 radical (unpaired) electrons. The number of hydrogen-bond donors (Lipinski definition) is 1. The molecule has 4 heteroatoms. The summed E-state index contributed by atoms with van der Waals surface area (Å²) in [6, 6.07) is 8.77. The van der Waals surface area contributed by atoms with Gasteiger partial charge in [0.25, 0.3) is 0 Å². The zero-order valence-electron chi connectivity index (χ0n) is 11.2. The van der Waals surface area contributed by atoms with Gasteiger partial charge in [0.15, 0.2) is 0 Å². The van der Waals surface area contributed by atoms with Crippen LogP contribution in [0, 0.1) is 11.3 Å². The summed E-state index contributed by atoms with van der Waals surface area (Å²) in [6.07, 6.45) is 0. The highest BCUT2D eigenvalue weighted by Gasteiger charge is 2.04. The normalized spacial score (nSPS) is 10.6. The van der Waals surface area contributed by atoms with Gasteiger partial charge in [0.1, 0.15) is 6.07 Å². The van der Waals surface area contributed by atoms with Gasteiger partial charge in [-0.05, 0) is 17.7 Å². The van der Waals surface area contributed by atoms with E-state index in [0.717, 1.165) is 28.3 Å². The van der Waals surface area contributed by atoms with Crippen LogP contribution < -0.4 is 5.32 Å². The predicted octanol–water partition coefficient (Wildman–Crippen LogP) is 2.79. The first kappa shape index (κ1) is 15.0. The zero-order chi connectivity index (χ0) is 13.4. The van der Waals surface area contributed by atoms with Crippen LogP contribution in [0.15, 0.2) is 23.1 Å². The Balaban J connectivity index is 2.68. The van der Waals surface area contributed by atoms with Crippen molar-refractivity contribution in [2.45, 2.75) is 31.3 Å². The van der Waals surface area contributed by atoms with E-state index in [0.29, 0.717) is 12.6 Å². The molecule has 1 N–H and O–H groups in total. The number of nitriles is 1. The summed E-state index contributed by atoms with van der Waals surface area (Å²) in [5, 5.41) is 12.5. The lowest BCUT2D eigenvalue weighted by Crippen LogP contribution is -2.21. The number of thioether (sulfide) groups is 1. The lowest BCUT2D eigenvalue weighted by molar-refractivity contribution is 0.218. The maximum atomic E-state index is 9.16. The fourth-order valence-electron chi connectivity index (χ4n) is 1.46. The van der Waals surface area contributed by atoms with Gasteiger partial charge >= 0.3 is 0 Å². The Labute approximate surface area is 114 Å². The van der Waals surface area contributed by atoms with Gasteiger partial charge in [-0.3, -0.25) is 0 Å². The summed E-state index contributed by atoms with van der Waals surface area (Å²) < 4.78 is 5.01. The Kier molecular flexibility index (Phi) is 6.81. The van der Waals surface area contributed by atoms with Gasteiger partial charge in [-0.15, -0.1) is 11.8 Å². The topological polar surface area (TPSA) is 45.0 Å². The van der Waals surface area contributed by atoms with Crippen molar-refractivity contribution >= 4 is 11.8 Å². The van der Waals surface area contributed by atoms with Crippen LogP contribution in [0.1, 0.15) is 25.0 Å². The molecule has 0 aliphatic heterocycles. The van der Waals surface area contributed by atoms with Crippen LogP contribution >= 0.6 is 11.8 Å². The van der Waals surface area contributed by atoms with Crippen LogP contribution in [-0.2, 0) is 11.3 Å². The van der Waals surface area contributed by atoms with Crippen LogP contribution in [0.2, 0.25) is 0 Å². The highest BCUT2D eigenvalue weighted by molar-refractivity contribution is 7.99. The molecule has 0 aliphatic carbocycles. The van der Waals surface area contributed by atoms with E-state index >= 15 is 0 Å². The Morgan fingerprint density at radius 2 is 2.22 bits per heavy atom. The molecule has 0 heterocycles. The average molecular weight is 264 g/mol. The molecular formula is C14H20N2OS. The SMILES string of the molecule is COCCSc1ccc(CNC(C)C)cc1C#N. The Bertz CT molecular complexity index is 413. The molecule has 18 heavy (non-hydrogen) atoms. The lowest BCUT2D eigenvalue weighted by atomic mass is 10.1. The van der Waals surface area contributed by atoms with Crippen molar-refractivity contribution in [3.05, 3.63) is 29.3 Å². The van der Waals surface area contributed by atoms with Crippen LogP contribution in [-0.4, -0.2) is 25.5 Å². The molecule has 0 bridgehead atoms. The van der Waals surface area contributed by atoms with Gasteiger partial charge < -0.3 is 10.1 Å². The van der Waals surface area contributed by atoms with Gasteiger partial charge in [-0.25, -0.2) is 0 Å². The largest absolute Gasteiger partial charge is 0.384 e. The Morgan fingerprint density at radius 3 is 2.83 bits per heavy atom. The Morgan fingerprint density at radius 1 is 1.44 bits per heavy atom. The number of rotatable bonds is 7. The van der Waals surface area contributed by atoms with E-state index in [1.165, 1.54) is 0 Å². The smallest absolute Gasteiger partial charge is 0.100 e. The second-order valence-corrected chi connectivity index (χ2v) is 5.46. The van der Waals surface area contributed by atoms with Crippen LogP contribution in [0.25, 0.3) is 0 Å². The highest BCUT2D eigenvalue weighted by Crippen LogP contribution is 2.23. The van der Waals surface area contributed by atoms with E-state index in [9.17, 15) is 0 Å². The third-order valence-corrected chi connectivity index (χ3v) is 3.46. The molecular weight excluding hydrogens is 244 g/mol. The number of methoxy groups -OCH3 is 1. The highest BCUT2D eigenvalue weighted by atomic mass is 32.2. The zero-order valence-corrected chi connectivity index (χ0v) is 12.0. The van der Waals surface area contributed by atoms with Gasteiger partial charge in [0.05, 0.1) is 12.2 Å². The molecule has 0 fully saturated rings. The van der Waals surface area contributed by atoms with E-state index in [1.807, 2.05) is 12.1 Å². The second kappa shape index (κ2) is 8.15. The first-order valence-electron chi connectivity index (χ1n) is 6.05. The van der Waals surface area contributed by atoms with E-state index in [4.69, 9.17) is 10.00 Å². The average Bonchev–Trinajstić information content (AvgIpc) is 2.37. The molecule has 0 spiro atoms. The summed E-state index contributed by atoms with van der Waals surface area (Å²) in [5.41, 5.74) is 1.90. The molecule has 1 aromatic rings. The molecule has 0 aliphatic rings. The van der Waals surface area contributed by atoms with Gasteiger partial charge in [-0.2, -0.15) is 5.26 Å². The summed E-state index contributed by atoms with van der Waals surface area (Å²) in [4.78, 5) is 1.03. The van der Waals surface area contributed by atoms with Crippen molar-refractivity contribution in [1.82, 2.24) is 5.32 Å². The quantitative estimate of drug-likeness (QED) is 0.607. The number of hydrogen-bond acceptors (Lipinski definition) is 4. The number of nitrogens with zero attached hydrogens (tertiary/aromatic N) is 1. The van der Waals surface area contributed by atoms with E-state index in [-0.39, 0.29) is 0 Å².